The van der Waals surface area contributed by atoms with E-state index in [4.69, 9.17) is 4.74 Å². The minimum Gasteiger partial charge on any atom is -0.497 e. The number of anilines is 1. The molecule has 1 atom stereocenters. The maximum Gasteiger partial charge on any atom is 0.264 e. The van der Waals surface area contributed by atoms with Gasteiger partial charge in [0.05, 0.1) is 17.7 Å². The molecule has 3 aromatic carbocycles. The van der Waals surface area contributed by atoms with Crippen LogP contribution in [0.3, 0.4) is 0 Å². The van der Waals surface area contributed by atoms with E-state index in [1.165, 1.54) is 31.2 Å². The van der Waals surface area contributed by atoms with E-state index in [0.717, 1.165) is 15.4 Å². The topological polar surface area (TPSA) is 96.0 Å². The lowest BCUT2D eigenvalue weighted by molar-refractivity contribution is -0.140. The van der Waals surface area contributed by atoms with Gasteiger partial charge in [0.2, 0.25) is 11.8 Å². The summed E-state index contributed by atoms with van der Waals surface area (Å²) in [5, 5.41) is 2.62. The molecule has 1 N–H and O–H groups in total. The number of hydrogen-bond donors (Lipinski definition) is 1. The third-order valence-corrected chi connectivity index (χ3v) is 7.86. The van der Waals surface area contributed by atoms with Crippen LogP contribution in [0.25, 0.3) is 0 Å². The highest BCUT2D eigenvalue weighted by Gasteiger charge is 2.33. The van der Waals surface area contributed by atoms with Crippen molar-refractivity contribution in [3.63, 3.8) is 0 Å². The number of amides is 2. The summed E-state index contributed by atoms with van der Waals surface area (Å²) in [5.41, 5.74) is 2.21. The number of nitrogens with one attached hydrogen (secondary N) is 1. The van der Waals surface area contributed by atoms with E-state index in [0.29, 0.717) is 17.9 Å². The van der Waals surface area contributed by atoms with Crippen LogP contribution in [0.2, 0.25) is 0 Å². The third kappa shape index (κ3) is 6.68. The molecule has 196 valence electrons. The number of carbonyl (C=O) groups excluding carboxylic acids is 2. The van der Waals surface area contributed by atoms with Crippen LogP contribution < -0.4 is 14.4 Å². The lowest BCUT2D eigenvalue weighted by Crippen LogP contribution is -2.51. The van der Waals surface area contributed by atoms with Crippen molar-refractivity contribution in [2.75, 3.05) is 25.0 Å². The van der Waals surface area contributed by atoms with Gasteiger partial charge in [-0.15, -0.1) is 0 Å². The molecule has 0 aliphatic heterocycles. The van der Waals surface area contributed by atoms with Gasteiger partial charge in [-0.3, -0.25) is 13.9 Å². The summed E-state index contributed by atoms with van der Waals surface area (Å²) in [6, 6.07) is 21.3. The minimum absolute atomic E-state index is 0.0574. The molecule has 3 rings (SSSR count). The largest absolute Gasteiger partial charge is 0.497 e. The van der Waals surface area contributed by atoms with Crippen molar-refractivity contribution in [2.24, 2.45) is 0 Å². The summed E-state index contributed by atoms with van der Waals surface area (Å²) in [6.45, 7) is 3.46. The zero-order valence-electron chi connectivity index (χ0n) is 21.5. The van der Waals surface area contributed by atoms with Crippen LogP contribution in [-0.4, -0.2) is 51.9 Å². The maximum absolute atomic E-state index is 13.8. The average molecular weight is 524 g/mol. The number of rotatable bonds is 11. The van der Waals surface area contributed by atoms with Crippen LogP contribution in [0, 0.1) is 6.92 Å². The van der Waals surface area contributed by atoms with Gasteiger partial charge in [0, 0.05) is 13.6 Å². The fraction of sp³-hybridized carbons (Fsp3) is 0.286. The van der Waals surface area contributed by atoms with E-state index >= 15 is 0 Å². The number of nitrogens with zero attached hydrogens (tertiary/aromatic N) is 2. The lowest BCUT2D eigenvalue weighted by atomic mass is 10.1. The van der Waals surface area contributed by atoms with Gasteiger partial charge in [-0.25, -0.2) is 8.42 Å². The Balaban J connectivity index is 2.04. The fourth-order valence-electron chi connectivity index (χ4n) is 3.97. The van der Waals surface area contributed by atoms with Crippen molar-refractivity contribution in [3.8, 4) is 5.75 Å². The molecule has 0 aromatic heterocycles. The molecule has 0 bridgehead atoms. The lowest BCUT2D eigenvalue weighted by Gasteiger charge is -2.33. The van der Waals surface area contributed by atoms with Crippen molar-refractivity contribution in [1.29, 1.82) is 0 Å². The Kier molecular flexibility index (Phi) is 9.30. The number of likely N-dealkylation sites (N-methyl/N-ethyl adjacent to an activating group) is 1. The summed E-state index contributed by atoms with van der Waals surface area (Å²) in [4.78, 5) is 28.1. The standard InChI is InChI=1S/C28H33N3O5S/c1-5-26(28(33)29-3)30(19-22-13-11-21(2)12-14-22)27(32)20-31(23-15-17-24(36-4)18-16-23)37(34,35)25-9-7-6-8-10-25/h6-18,26H,5,19-20H2,1-4H3,(H,29,33)/t26-/m0/s1. The highest BCUT2D eigenvalue weighted by atomic mass is 32.2. The molecule has 0 saturated heterocycles. The Labute approximate surface area is 218 Å². The predicted octanol–water partition coefficient (Wildman–Crippen LogP) is 3.75. The summed E-state index contributed by atoms with van der Waals surface area (Å²) >= 11 is 0. The summed E-state index contributed by atoms with van der Waals surface area (Å²) in [5.74, 6) is -0.255. The van der Waals surface area contributed by atoms with Gasteiger partial charge in [0.15, 0.2) is 0 Å². The molecular formula is C28H33N3O5S. The molecule has 37 heavy (non-hydrogen) atoms. The van der Waals surface area contributed by atoms with Gasteiger partial charge in [-0.05, 0) is 55.3 Å². The molecule has 0 heterocycles. The molecule has 0 aliphatic carbocycles. The molecular weight excluding hydrogens is 490 g/mol. The molecule has 2 amide bonds. The van der Waals surface area contributed by atoms with Gasteiger partial charge in [-0.1, -0.05) is 55.0 Å². The van der Waals surface area contributed by atoms with Crippen molar-refractivity contribution < 1.29 is 22.7 Å². The van der Waals surface area contributed by atoms with Gasteiger partial charge in [-0.2, -0.15) is 0 Å². The first-order valence-corrected chi connectivity index (χ1v) is 13.4. The van der Waals surface area contributed by atoms with Crippen molar-refractivity contribution in [2.45, 2.75) is 37.8 Å². The van der Waals surface area contributed by atoms with E-state index in [-0.39, 0.29) is 17.3 Å². The monoisotopic (exact) mass is 523 g/mol. The Morgan fingerprint density at radius 2 is 1.57 bits per heavy atom. The summed E-state index contributed by atoms with van der Waals surface area (Å²) in [7, 11) is -1.06. The number of benzene rings is 3. The molecule has 3 aromatic rings. The molecule has 0 unspecified atom stereocenters. The molecule has 8 nitrogen and oxygen atoms in total. The second-order valence-corrected chi connectivity index (χ2v) is 10.4. The number of hydrogen-bond acceptors (Lipinski definition) is 5. The van der Waals surface area contributed by atoms with Crippen molar-refractivity contribution >= 4 is 27.5 Å². The van der Waals surface area contributed by atoms with Crippen LogP contribution in [0.4, 0.5) is 5.69 Å². The Bertz CT molecular complexity index is 1290. The van der Waals surface area contributed by atoms with E-state index in [9.17, 15) is 18.0 Å². The van der Waals surface area contributed by atoms with Crippen LogP contribution in [0.15, 0.2) is 83.8 Å². The molecule has 0 fully saturated rings. The molecule has 9 heteroatoms. The first-order chi connectivity index (χ1) is 17.7. The Morgan fingerprint density at radius 3 is 2.11 bits per heavy atom. The number of sulfonamides is 1. The third-order valence-electron chi connectivity index (χ3n) is 6.08. The van der Waals surface area contributed by atoms with E-state index < -0.39 is 28.5 Å². The zero-order chi connectivity index (χ0) is 27.0. The molecule has 0 spiro atoms. The summed E-state index contributed by atoms with van der Waals surface area (Å²) < 4.78 is 33.7. The van der Waals surface area contributed by atoms with E-state index in [1.807, 2.05) is 38.1 Å². The highest BCUT2D eigenvalue weighted by molar-refractivity contribution is 7.92. The van der Waals surface area contributed by atoms with Crippen LogP contribution >= 0.6 is 0 Å². The van der Waals surface area contributed by atoms with Crippen molar-refractivity contribution in [1.82, 2.24) is 10.2 Å². The Hall–Kier alpha value is -3.85. The van der Waals surface area contributed by atoms with Crippen LogP contribution in [0.1, 0.15) is 24.5 Å². The van der Waals surface area contributed by atoms with Crippen molar-refractivity contribution in [3.05, 3.63) is 90.0 Å². The number of methoxy groups -OCH3 is 1. The van der Waals surface area contributed by atoms with Crippen LogP contribution in [0.5, 0.6) is 5.75 Å². The average Bonchev–Trinajstić information content (AvgIpc) is 2.92. The quantitative estimate of drug-likeness (QED) is 0.413. The Morgan fingerprint density at radius 1 is 0.946 bits per heavy atom. The first kappa shape index (κ1) is 27.7. The summed E-state index contributed by atoms with van der Waals surface area (Å²) in [6.07, 6.45) is 0.366. The maximum atomic E-state index is 13.8. The van der Waals surface area contributed by atoms with Gasteiger partial charge in [0.25, 0.3) is 10.0 Å². The molecule has 0 saturated carbocycles. The van der Waals surface area contributed by atoms with E-state index in [2.05, 4.69) is 5.32 Å². The number of aryl methyl sites for hydroxylation is 1. The minimum atomic E-state index is -4.09. The van der Waals surface area contributed by atoms with Gasteiger partial charge in [0.1, 0.15) is 18.3 Å². The smallest absolute Gasteiger partial charge is 0.264 e. The fourth-order valence-corrected chi connectivity index (χ4v) is 5.41. The normalized spacial score (nSPS) is 11.9. The predicted molar refractivity (Wildman–Crippen MR) is 144 cm³/mol. The molecule has 0 radical (unpaired) electrons. The SMILES string of the molecule is CC[C@@H](C(=O)NC)N(Cc1ccc(C)cc1)C(=O)CN(c1ccc(OC)cc1)S(=O)(=O)c1ccccc1. The van der Waals surface area contributed by atoms with Gasteiger partial charge >= 0.3 is 0 Å². The van der Waals surface area contributed by atoms with Crippen LogP contribution in [-0.2, 0) is 26.2 Å². The van der Waals surface area contributed by atoms with Gasteiger partial charge < -0.3 is 15.0 Å². The number of ether oxygens (including phenoxy) is 1. The van der Waals surface area contributed by atoms with E-state index in [1.54, 1.807) is 42.5 Å². The highest BCUT2D eigenvalue weighted by Crippen LogP contribution is 2.26. The second-order valence-electron chi connectivity index (χ2n) is 8.57. The number of carbonyl (C=O) groups is 2. The first-order valence-electron chi connectivity index (χ1n) is 12.0. The zero-order valence-corrected chi connectivity index (χ0v) is 22.4. The second kappa shape index (κ2) is 12.4. The molecule has 0 aliphatic rings.